The van der Waals surface area contributed by atoms with E-state index in [1.165, 1.54) is 0 Å². The highest BCUT2D eigenvalue weighted by Crippen LogP contribution is 2.42. The summed E-state index contributed by atoms with van der Waals surface area (Å²) in [5.74, 6) is 0.187. The lowest BCUT2D eigenvalue weighted by Gasteiger charge is -2.25. The molecule has 106 valence electrons. The summed E-state index contributed by atoms with van der Waals surface area (Å²) >= 11 is 0. The summed E-state index contributed by atoms with van der Waals surface area (Å²) in [6.45, 7) is 3.56. The maximum absolute atomic E-state index is 12.3. The summed E-state index contributed by atoms with van der Waals surface area (Å²) in [5, 5.41) is 2.22. The Hall–Kier alpha value is -1.18. The predicted molar refractivity (Wildman–Crippen MR) is 88.0 cm³/mol. The van der Waals surface area contributed by atoms with Crippen molar-refractivity contribution in [3.63, 3.8) is 0 Å². The highest BCUT2D eigenvalue weighted by Gasteiger charge is 2.30. The van der Waals surface area contributed by atoms with Crippen molar-refractivity contribution in [2.24, 2.45) is 0 Å². The second kappa shape index (κ2) is 6.51. The van der Waals surface area contributed by atoms with Crippen molar-refractivity contribution in [1.29, 1.82) is 0 Å². The van der Waals surface area contributed by atoms with Gasteiger partial charge in [0.2, 0.25) is 0 Å². The molecule has 0 aliphatic rings. The van der Waals surface area contributed by atoms with E-state index in [-0.39, 0.29) is 10.7 Å². The second-order valence-corrected chi connectivity index (χ2v) is 10.1. The molecular weight excluding hydrogens is 287 g/mol. The average Bonchev–Trinajstić information content (AvgIpc) is 2.49. The first kappa shape index (κ1) is 15.2. The van der Waals surface area contributed by atoms with E-state index in [2.05, 4.69) is 0 Å². The van der Waals surface area contributed by atoms with Gasteiger partial charge in [0, 0.05) is 5.75 Å². The quantitative estimate of drug-likeness (QED) is 0.796. The van der Waals surface area contributed by atoms with Crippen LogP contribution in [-0.4, -0.2) is 19.2 Å². The van der Waals surface area contributed by atoms with E-state index in [1.54, 1.807) is 6.92 Å². The van der Waals surface area contributed by atoms with E-state index in [1.807, 2.05) is 67.6 Å². The Morgan fingerprint density at radius 2 is 1.30 bits per heavy atom. The van der Waals surface area contributed by atoms with Gasteiger partial charge in [-0.2, -0.15) is 0 Å². The van der Waals surface area contributed by atoms with Gasteiger partial charge in [-0.25, -0.2) is 8.42 Å². The van der Waals surface area contributed by atoms with Crippen LogP contribution in [0.5, 0.6) is 0 Å². The van der Waals surface area contributed by atoms with Crippen LogP contribution in [0.2, 0.25) is 0 Å². The van der Waals surface area contributed by atoms with Crippen LogP contribution in [0.25, 0.3) is 0 Å². The van der Waals surface area contributed by atoms with Crippen molar-refractivity contribution in [3.8, 4) is 0 Å². The zero-order valence-corrected chi connectivity index (χ0v) is 13.4. The molecular formula is C16H19O2PS. The Morgan fingerprint density at radius 3 is 1.65 bits per heavy atom. The first-order valence-corrected chi connectivity index (χ1v) is 9.80. The maximum atomic E-state index is 12.3. The minimum absolute atomic E-state index is 0.187. The van der Waals surface area contributed by atoms with E-state index in [4.69, 9.17) is 0 Å². The zero-order chi connectivity index (χ0) is 14.6. The molecule has 0 spiro atoms. The third-order valence-electron chi connectivity index (χ3n) is 3.35. The van der Waals surface area contributed by atoms with Crippen LogP contribution in [0.1, 0.15) is 13.8 Å². The lowest BCUT2D eigenvalue weighted by molar-refractivity contribution is 0.596. The molecule has 2 aromatic carbocycles. The molecule has 0 fully saturated rings. The topological polar surface area (TPSA) is 34.1 Å². The number of rotatable bonds is 5. The fraction of sp³-hybridized carbons (Fsp3) is 0.250. The van der Waals surface area contributed by atoms with Crippen molar-refractivity contribution in [2.75, 3.05) is 5.75 Å². The number of sulfone groups is 1. The molecule has 0 aliphatic heterocycles. The van der Waals surface area contributed by atoms with Gasteiger partial charge in [-0.15, -0.1) is 0 Å². The van der Waals surface area contributed by atoms with Crippen LogP contribution >= 0.6 is 7.92 Å². The molecule has 2 aromatic rings. The van der Waals surface area contributed by atoms with Crippen molar-refractivity contribution in [1.82, 2.24) is 0 Å². The number of hydrogen-bond acceptors (Lipinski definition) is 2. The van der Waals surface area contributed by atoms with E-state index < -0.39 is 17.8 Å². The maximum Gasteiger partial charge on any atom is 0.157 e. The van der Waals surface area contributed by atoms with Gasteiger partial charge in [0.15, 0.2) is 9.84 Å². The monoisotopic (exact) mass is 306 g/mol. The van der Waals surface area contributed by atoms with E-state index in [9.17, 15) is 8.42 Å². The summed E-state index contributed by atoms with van der Waals surface area (Å²) in [7, 11) is -3.96. The van der Waals surface area contributed by atoms with Crippen LogP contribution in [0, 0.1) is 0 Å². The minimum Gasteiger partial charge on any atom is -0.228 e. The zero-order valence-electron chi connectivity index (χ0n) is 11.7. The summed E-state index contributed by atoms with van der Waals surface area (Å²) in [4.78, 5) is -0.368. The molecule has 0 aromatic heterocycles. The van der Waals surface area contributed by atoms with Gasteiger partial charge in [0.1, 0.15) is 0 Å². The van der Waals surface area contributed by atoms with Crippen LogP contribution in [0.3, 0.4) is 0 Å². The third-order valence-corrected chi connectivity index (χ3v) is 9.23. The lowest BCUT2D eigenvalue weighted by atomic mass is 10.4. The Balaban J connectivity index is 2.51. The Morgan fingerprint density at radius 1 is 0.900 bits per heavy atom. The van der Waals surface area contributed by atoms with Gasteiger partial charge in [-0.05, 0) is 25.5 Å². The first-order valence-electron chi connectivity index (χ1n) is 6.67. The molecule has 1 unspecified atom stereocenters. The summed E-state index contributed by atoms with van der Waals surface area (Å²) in [6, 6.07) is 19.9. The minimum atomic E-state index is -3.06. The number of benzene rings is 2. The van der Waals surface area contributed by atoms with Crippen LogP contribution in [0.15, 0.2) is 60.7 Å². The van der Waals surface area contributed by atoms with Crippen molar-refractivity contribution >= 4 is 28.4 Å². The molecule has 0 bridgehead atoms. The summed E-state index contributed by atoms with van der Waals surface area (Å²) < 4.78 is 24.6. The highest BCUT2D eigenvalue weighted by molar-refractivity contribution is 8.01. The molecule has 0 aliphatic carbocycles. The normalized spacial score (nSPS) is 13.3. The third kappa shape index (κ3) is 3.28. The van der Waals surface area contributed by atoms with Gasteiger partial charge in [-0.1, -0.05) is 67.6 Å². The first-order chi connectivity index (χ1) is 9.56. The molecule has 0 heterocycles. The van der Waals surface area contributed by atoms with Gasteiger partial charge >= 0.3 is 0 Å². The Labute approximate surface area is 122 Å². The van der Waals surface area contributed by atoms with E-state index >= 15 is 0 Å². The molecule has 0 saturated heterocycles. The van der Waals surface area contributed by atoms with Crippen LogP contribution in [0.4, 0.5) is 0 Å². The largest absolute Gasteiger partial charge is 0.228 e. The van der Waals surface area contributed by atoms with E-state index in [0.717, 1.165) is 10.6 Å². The fourth-order valence-corrected chi connectivity index (χ4v) is 7.22. The summed E-state index contributed by atoms with van der Waals surface area (Å²) in [6.07, 6.45) is 0. The molecule has 0 N–H and O–H groups in total. The SMILES string of the molecule is CCS(=O)(=O)C(C)P(c1ccccc1)c1ccccc1. The van der Waals surface area contributed by atoms with Crippen LogP contribution < -0.4 is 10.6 Å². The van der Waals surface area contributed by atoms with Crippen molar-refractivity contribution in [2.45, 2.75) is 18.8 Å². The average molecular weight is 306 g/mol. The Bertz CT molecular complexity index is 599. The highest BCUT2D eigenvalue weighted by atomic mass is 32.2. The van der Waals surface area contributed by atoms with Gasteiger partial charge in [0.05, 0.1) is 4.99 Å². The van der Waals surface area contributed by atoms with E-state index in [0.29, 0.717) is 0 Å². The molecule has 1 atom stereocenters. The fourth-order valence-electron chi connectivity index (χ4n) is 2.15. The summed E-state index contributed by atoms with van der Waals surface area (Å²) in [5.41, 5.74) is 0. The molecule has 20 heavy (non-hydrogen) atoms. The smallest absolute Gasteiger partial charge is 0.157 e. The Kier molecular flexibility index (Phi) is 4.95. The van der Waals surface area contributed by atoms with Gasteiger partial charge in [0.25, 0.3) is 0 Å². The van der Waals surface area contributed by atoms with Gasteiger partial charge < -0.3 is 0 Å². The lowest BCUT2D eigenvalue weighted by Crippen LogP contribution is -2.27. The second-order valence-electron chi connectivity index (χ2n) is 4.59. The van der Waals surface area contributed by atoms with Crippen LogP contribution in [-0.2, 0) is 9.84 Å². The van der Waals surface area contributed by atoms with Gasteiger partial charge in [-0.3, -0.25) is 0 Å². The van der Waals surface area contributed by atoms with Crippen molar-refractivity contribution < 1.29 is 8.42 Å². The predicted octanol–water partition coefficient (Wildman–Crippen LogP) is 2.90. The standard InChI is InChI=1S/C16H19O2PS/c1-3-20(17,18)14(2)19(15-10-6-4-7-11-15)16-12-8-5-9-13-16/h4-14H,3H2,1-2H3. The molecule has 0 amide bonds. The molecule has 2 nitrogen and oxygen atoms in total. The molecule has 2 rings (SSSR count). The van der Waals surface area contributed by atoms with Crippen molar-refractivity contribution in [3.05, 3.63) is 60.7 Å². The molecule has 4 heteroatoms. The molecule has 0 saturated carbocycles. The number of hydrogen-bond donors (Lipinski definition) is 0. The molecule has 0 radical (unpaired) electrons.